The first-order chi connectivity index (χ1) is 7.11. The number of hydrogen-bond acceptors (Lipinski definition) is 3. The first kappa shape index (κ1) is 13.6. The number of nitrogens with two attached hydrogens (primary N) is 1. The van der Waals surface area contributed by atoms with Gasteiger partial charge >= 0.3 is 0 Å². The highest BCUT2D eigenvalue weighted by atomic mass is 16.5. The van der Waals surface area contributed by atoms with Crippen LogP contribution in [0.25, 0.3) is 0 Å². The summed E-state index contributed by atoms with van der Waals surface area (Å²) in [4.78, 5) is 22.1. The molecule has 0 aliphatic rings. The Bertz CT molecular complexity index is 229. The van der Waals surface area contributed by atoms with Gasteiger partial charge < -0.3 is 15.8 Å². The van der Waals surface area contributed by atoms with Crippen LogP contribution in [0.3, 0.4) is 0 Å². The molecule has 0 fully saturated rings. The predicted octanol–water partition coefficient (Wildman–Crippen LogP) is -0.0408. The van der Waals surface area contributed by atoms with Gasteiger partial charge in [-0.15, -0.1) is 6.58 Å². The van der Waals surface area contributed by atoms with Crippen molar-refractivity contribution in [1.82, 2.24) is 5.32 Å². The summed E-state index contributed by atoms with van der Waals surface area (Å²) in [6.07, 6.45) is 3.85. The number of primary amides is 1. The van der Waals surface area contributed by atoms with Gasteiger partial charge in [-0.3, -0.25) is 9.59 Å². The van der Waals surface area contributed by atoms with Crippen LogP contribution >= 0.6 is 0 Å². The lowest BCUT2D eigenvalue weighted by molar-refractivity contribution is -0.129. The molecule has 5 heteroatoms. The fourth-order valence-electron chi connectivity index (χ4n) is 1.12. The highest BCUT2D eigenvalue weighted by Gasteiger charge is 2.16. The van der Waals surface area contributed by atoms with Crippen molar-refractivity contribution in [3.63, 3.8) is 0 Å². The van der Waals surface area contributed by atoms with E-state index in [0.29, 0.717) is 6.42 Å². The van der Waals surface area contributed by atoms with Gasteiger partial charge in [0.1, 0.15) is 12.6 Å². The fourth-order valence-corrected chi connectivity index (χ4v) is 1.12. The van der Waals surface area contributed by atoms with E-state index in [1.807, 2.05) is 0 Å². The minimum Gasteiger partial charge on any atom is -0.375 e. The largest absolute Gasteiger partial charge is 0.375 e. The number of methoxy groups -OCH3 is 1. The van der Waals surface area contributed by atoms with Gasteiger partial charge in [0.15, 0.2) is 0 Å². The zero-order valence-electron chi connectivity index (χ0n) is 8.99. The minimum absolute atomic E-state index is 0.0642. The molecule has 2 amide bonds. The molecule has 5 nitrogen and oxygen atoms in total. The smallest absolute Gasteiger partial charge is 0.246 e. The SMILES string of the molecule is C=CCCC[C@@H](NC(=O)COC)C(N)=O. The predicted molar refractivity (Wildman–Crippen MR) is 57.0 cm³/mol. The zero-order chi connectivity index (χ0) is 11.7. The lowest BCUT2D eigenvalue weighted by atomic mass is 10.1. The molecule has 86 valence electrons. The van der Waals surface area contributed by atoms with Crippen molar-refractivity contribution in [2.24, 2.45) is 5.73 Å². The second-order valence-electron chi connectivity index (χ2n) is 3.18. The maximum atomic E-state index is 11.1. The number of carbonyl (C=O) groups excluding carboxylic acids is 2. The molecule has 1 atom stereocenters. The van der Waals surface area contributed by atoms with Gasteiger partial charge in [0, 0.05) is 7.11 Å². The van der Waals surface area contributed by atoms with Crippen molar-refractivity contribution in [3.05, 3.63) is 12.7 Å². The summed E-state index contributed by atoms with van der Waals surface area (Å²) in [5.74, 6) is -0.858. The summed E-state index contributed by atoms with van der Waals surface area (Å²) in [6.45, 7) is 3.50. The number of nitrogens with one attached hydrogen (secondary N) is 1. The summed E-state index contributed by atoms with van der Waals surface area (Å²) >= 11 is 0. The van der Waals surface area contributed by atoms with E-state index < -0.39 is 11.9 Å². The first-order valence-electron chi connectivity index (χ1n) is 4.80. The quantitative estimate of drug-likeness (QED) is 0.439. The summed E-state index contributed by atoms with van der Waals surface area (Å²) in [7, 11) is 1.41. The number of ether oxygens (including phenoxy) is 1. The van der Waals surface area contributed by atoms with Crippen LogP contribution in [0.1, 0.15) is 19.3 Å². The third-order valence-corrected chi connectivity index (χ3v) is 1.86. The Hall–Kier alpha value is -1.36. The summed E-state index contributed by atoms with van der Waals surface area (Å²) < 4.78 is 4.63. The molecule has 0 aromatic carbocycles. The van der Waals surface area contributed by atoms with Crippen LogP contribution in [-0.4, -0.2) is 31.6 Å². The maximum absolute atomic E-state index is 11.1. The summed E-state index contributed by atoms with van der Waals surface area (Å²) in [5.41, 5.74) is 5.14. The molecule has 0 unspecified atom stereocenters. The van der Waals surface area contributed by atoms with Crippen LogP contribution in [0, 0.1) is 0 Å². The topological polar surface area (TPSA) is 81.4 Å². The Morgan fingerprint density at radius 1 is 1.60 bits per heavy atom. The van der Waals surface area contributed by atoms with Crippen molar-refractivity contribution in [3.8, 4) is 0 Å². The minimum atomic E-state index is -0.618. The Kier molecular flexibility index (Phi) is 7.27. The molecule has 3 N–H and O–H groups in total. The lowest BCUT2D eigenvalue weighted by Crippen LogP contribution is -2.45. The van der Waals surface area contributed by atoms with E-state index in [0.717, 1.165) is 12.8 Å². The van der Waals surface area contributed by atoms with Crippen LogP contribution in [0.2, 0.25) is 0 Å². The third-order valence-electron chi connectivity index (χ3n) is 1.86. The molecule has 0 aliphatic heterocycles. The van der Waals surface area contributed by atoms with E-state index in [9.17, 15) is 9.59 Å². The monoisotopic (exact) mass is 214 g/mol. The van der Waals surface area contributed by atoms with Gasteiger partial charge in [0.25, 0.3) is 0 Å². The van der Waals surface area contributed by atoms with Crippen molar-refractivity contribution >= 4 is 11.8 Å². The van der Waals surface area contributed by atoms with Gasteiger partial charge in [-0.1, -0.05) is 6.08 Å². The van der Waals surface area contributed by atoms with Gasteiger partial charge in [-0.25, -0.2) is 0 Å². The van der Waals surface area contributed by atoms with Crippen LogP contribution in [0.4, 0.5) is 0 Å². The molecular formula is C10H18N2O3. The number of rotatable bonds is 8. The normalized spacial score (nSPS) is 11.8. The molecule has 0 spiro atoms. The van der Waals surface area contributed by atoms with Crippen LogP contribution in [0.5, 0.6) is 0 Å². The molecule has 0 heterocycles. The summed E-state index contributed by atoms with van der Waals surface area (Å²) in [5, 5.41) is 2.50. The molecule has 0 saturated heterocycles. The van der Waals surface area contributed by atoms with E-state index >= 15 is 0 Å². The lowest BCUT2D eigenvalue weighted by Gasteiger charge is -2.14. The second kappa shape index (κ2) is 7.99. The van der Waals surface area contributed by atoms with Gasteiger partial charge in [-0.05, 0) is 19.3 Å². The molecule has 0 bridgehead atoms. The van der Waals surface area contributed by atoms with E-state index in [1.54, 1.807) is 6.08 Å². The third kappa shape index (κ3) is 6.68. The Balaban J connectivity index is 3.98. The molecule has 15 heavy (non-hydrogen) atoms. The number of amides is 2. The van der Waals surface area contributed by atoms with Crippen LogP contribution < -0.4 is 11.1 Å². The van der Waals surface area contributed by atoms with Crippen LogP contribution in [-0.2, 0) is 14.3 Å². The molecular weight excluding hydrogens is 196 g/mol. The maximum Gasteiger partial charge on any atom is 0.246 e. The highest BCUT2D eigenvalue weighted by molar-refractivity contribution is 5.86. The zero-order valence-corrected chi connectivity index (χ0v) is 8.99. The Morgan fingerprint density at radius 2 is 2.27 bits per heavy atom. The van der Waals surface area contributed by atoms with Crippen molar-refractivity contribution in [2.45, 2.75) is 25.3 Å². The van der Waals surface area contributed by atoms with Crippen molar-refractivity contribution in [1.29, 1.82) is 0 Å². The second-order valence-corrected chi connectivity index (χ2v) is 3.18. The van der Waals surface area contributed by atoms with Crippen molar-refractivity contribution in [2.75, 3.05) is 13.7 Å². The molecule has 0 aromatic heterocycles. The van der Waals surface area contributed by atoms with Gasteiger partial charge in [0.2, 0.25) is 11.8 Å². The molecule has 0 saturated carbocycles. The van der Waals surface area contributed by atoms with Crippen LogP contribution in [0.15, 0.2) is 12.7 Å². The number of allylic oxidation sites excluding steroid dienone is 1. The number of carbonyl (C=O) groups is 2. The molecule has 0 aliphatic carbocycles. The molecule has 0 aromatic rings. The van der Waals surface area contributed by atoms with Gasteiger partial charge in [-0.2, -0.15) is 0 Å². The van der Waals surface area contributed by atoms with E-state index in [4.69, 9.17) is 5.73 Å². The molecule has 0 radical (unpaired) electrons. The molecule has 0 rings (SSSR count). The summed E-state index contributed by atoms with van der Waals surface area (Å²) in [6, 6.07) is -0.618. The van der Waals surface area contributed by atoms with E-state index in [-0.39, 0.29) is 12.5 Å². The Morgan fingerprint density at radius 3 is 2.73 bits per heavy atom. The average Bonchev–Trinajstić information content (AvgIpc) is 2.16. The number of hydrogen-bond donors (Lipinski definition) is 2. The van der Waals surface area contributed by atoms with Gasteiger partial charge in [0.05, 0.1) is 0 Å². The highest BCUT2D eigenvalue weighted by Crippen LogP contribution is 2.01. The number of unbranched alkanes of at least 4 members (excludes halogenated alkanes) is 1. The van der Waals surface area contributed by atoms with E-state index in [2.05, 4.69) is 16.6 Å². The van der Waals surface area contributed by atoms with Crippen molar-refractivity contribution < 1.29 is 14.3 Å². The van der Waals surface area contributed by atoms with E-state index in [1.165, 1.54) is 7.11 Å². The standard InChI is InChI=1S/C10H18N2O3/c1-3-4-5-6-8(10(11)14)12-9(13)7-15-2/h3,8H,1,4-7H2,2H3,(H2,11,14)(H,12,13)/t8-/m1/s1. The fraction of sp³-hybridized carbons (Fsp3) is 0.600. The average molecular weight is 214 g/mol. The first-order valence-corrected chi connectivity index (χ1v) is 4.80. The Labute approximate surface area is 89.7 Å².